The van der Waals surface area contributed by atoms with E-state index in [1.807, 2.05) is 11.0 Å². The van der Waals surface area contributed by atoms with Gasteiger partial charge in [-0.3, -0.25) is 14.5 Å². The van der Waals surface area contributed by atoms with E-state index in [-0.39, 0.29) is 36.0 Å². The highest BCUT2D eigenvalue weighted by Crippen LogP contribution is 2.47. The molecule has 1 aromatic rings. The van der Waals surface area contributed by atoms with E-state index in [0.717, 1.165) is 12.8 Å². The second kappa shape index (κ2) is 6.55. The van der Waals surface area contributed by atoms with Gasteiger partial charge in [-0.2, -0.15) is 10.5 Å². The fraction of sp³-hybridized carbons (Fsp3) is 0.524. The molecule has 1 saturated carbocycles. The van der Waals surface area contributed by atoms with E-state index in [1.54, 1.807) is 28.0 Å². The van der Waals surface area contributed by atoms with Gasteiger partial charge in [-0.05, 0) is 37.3 Å². The van der Waals surface area contributed by atoms with Gasteiger partial charge in [0.15, 0.2) is 0 Å². The molecule has 3 saturated heterocycles. The van der Waals surface area contributed by atoms with Crippen LogP contribution in [0.3, 0.4) is 0 Å². The lowest BCUT2D eigenvalue weighted by molar-refractivity contribution is -0.135. The summed E-state index contributed by atoms with van der Waals surface area (Å²) in [5, 5.41) is 18.7. The Morgan fingerprint density at radius 1 is 1.24 bits per heavy atom. The normalized spacial score (nSPS) is 33.3. The minimum atomic E-state index is -0.739. The third-order valence-electron chi connectivity index (χ3n) is 6.81. The van der Waals surface area contributed by atoms with Gasteiger partial charge in [0.2, 0.25) is 11.8 Å². The molecule has 8 heteroatoms. The van der Waals surface area contributed by atoms with Gasteiger partial charge in [-0.25, -0.2) is 0 Å². The first kappa shape index (κ1) is 18.1. The fourth-order valence-corrected chi connectivity index (χ4v) is 5.37. The van der Waals surface area contributed by atoms with Crippen molar-refractivity contribution in [2.75, 3.05) is 18.0 Å². The van der Waals surface area contributed by atoms with Crippen molar-refractivity contribution in [2.45, 2.75) is 49.5 Å². The van der Waals surface area contributed by atoms with Crippen molar-refractivity contribution in [3.05, 3.63) is 29.8 Å². The quantitative estimate of drug-likeness (QED) is 0.784. The predicted octanol–water partition coefficient (Wildman–Crippen LogP) is 0.188. The zero-order chi connectivity index (χ0) is 20.3. The number of nitrogens with two attached hydrogens (primary N) is 1. The van der Waals surface area contributed by atoms with E-state index in [9.17, 15) is 20.1 Å². The number of anilines is 1. The number of nitrogens with zero attached hydrogens (tertiary/aromatic N) is 5. The summed E-state index contributed by atoms with van der Waals surface area (Å²) in [6, 6.07) is 10.2. The van der Waals surface area contributed by atoms with Crippen LogP contribution >= 0.6 is 0 Å². The van der Waals surface area contributed by atoms with Gasteiger partial charge in [0.25, 0.3) is 0 Å². The number of carbonyl (C=O) groups is 2. The smallest absolute Gasteiger partial charge is 0.244 e. The van der Waals surface area contributed by atoms with E-state index < -0.39 is 6.04 Å². The molecule has 2 N–H and O–H groups in total. The van der Waals surface area contributed by atoms with Gasteiger partial charge in [0, 0.05) is 19.1 Å². The molecule has 3 heterocycles. The summed E-state index contributed by atoms with van der Waals surface area (Å²) in [7, 11) is 0. The first-order valence-corrected chi connectivity index (χ1v) is 10.1. The van der Waals surface area contributed by atoms with Gasteiger partial charge >= 0.3 is 0 Å². The van der Waals surface area contributed by atoms with Gasteiger partial charge in [0.05, 0.1) is 35.4 Å². The summed E-state index contributed by atoms with van der Waals surface area (Å²) in [5.41, 5.74) is 7.38. The summed E-state index contributed by atoms with van der Waals surface area (Å²) in [5.74, 6) is 0.235. The van der Waals surface area contributed by atoms with Gasteiger partial charge in [-0.15, -0.1) is 0 Å². The number of rotatable bonds is 4. The summed E-state index contributed by atoms with van der Waals surface area (Å²) in [6.45, 7) is 0.941. The van der Waals surface area contributed by atoms with E-state index in [1.165, 1.54) is 0 Å². The molecule has 0 spiro atoms. The van der Waals surface area contributed by atoms with Crippen molar-refractivity contribution in [2.24, 2.45) is 11.7 Å². The molecule has 2 amide bonds. The standard InChI is InChI=1S/C21H22N6O2/c22-8-12-3-1-2-4-17(12)27-15-7-19(21(27)29)25(10-15)11-16(24)20(28)26-14(9-23)5-13-6-18(13)26/h1-4,13-16,18-19H,5-7,10-11,24H2/t13-,14+,15+,16+,18?,19+/m1/s1. The van der Waals surface area contributed by atoms with Crippen LogP contribution < -0.4 is 10.6 Å². The van der Waals surface area contributed by atoms with Crippen LogP contribution in [0, 0.1) is 28.6 Å². The summed E-state index contributed by atoms with van der Waals surface area (Å²) >= 11 is 0. The van der Waals surface area contributed by atoms with Crippen LogP contribution in [-0.4, -0.2) is 64.9 Å². The predicted molar refractivity (Wildman–Crippen MR) is 103 cm³/mol. The van der Waals surface area contributed by atoms with Crippen molar-refractivity contribution in [3.8, 4) is 12.1 Å². The van der Waals surface area contributed by atoms with E-state index in [2.05, 4.69) is 12.1 Å². The Bertz CT molecular complexity index is 965. The molecule has 4 aliphatic rings. The van der Waals surface area contributed by atoms with Crippen LogP contribution in [0.1, 0.15) is 24.8 Å². The Kier molecular flexibility index (Phi) is 4.09. The second-order valence-corrected chi connectivity index (χ2v) is 8.49. The average Bonchev–Trinajstić information content (AvgIpc) is 3.07. The van der Waals surface area contributed by atoms with Crippen LogP contribution in [0.25, 0.3) is 0 Å². The largest absolute Gasteiger partial charge is 0.322 e. The minimum absolute atomic E-state index is 0.0178. The van der Waals surface area contributed by atoms with Crippen LogP contribution in [0.2, 0.25) is 0 Å². The lowest BCUT2D eigenvalue weighted by Crippen LogP contribution is -2.57. The van der Waals surface area contributed by atoms with Crippen molar-refractivity contribution in [1.29, 1.82) is 10.5 Å². The van der Waals surface area contributed by atoms with Gasteiger partial charge in [0.1, 0.15) is 12.1 Å². The van der Waals surface area contributed by atoms with Crippen molar-refractivity contribution >= 4 is 17.5 Å². The topological polar surface area (TPSA) is 117 Å². The number of likely N-dealkylation sites (tertiary alicyclic amines) is 2. The van der Waals surface area contributed by atoms with E-state index >= 15 is 0 Å². The van der Waals surface area contributed by atoms with Crippen LogP contribution in [0.4, 0.5) is 5.69 Å². The van der Waals surface area contributed by atoms with Crippen LogP contribution in [-0.2, 0) is 9.59 Å². The van der Waals surface area contributed by atoms with Crippen molar-refractivity contribution in [1.82, 2.24) is 9.80 Å². The molecule has 2 bridgehead atoms. The summed E-state index contributed by atoms with van der Waals surface area (Å²) in [4.78, 5) is 31.3. The highest BCUT2D eigenvalue weighted by atomic mass is 16.2. The van der Waals surface area contributed by atoms with Gasteiger partial charge in [-0.1, -0.05) is 12.1 Å². The zero-order valence-electron chi connectivity index (χ0n) is 15.9. The number of para-hydroxylation sites is 1. The maximum Gasteiger partial charge on any atom is 0.244 e. The molecular weight excluding hydrogens is 368 g/mol. The van der Waals surface area contributed by atoms with Gasteiger partial charge < -0.3 is 15.5 Å². The average molecular weight is 390 g/mol. The molecule has 148 valence electrons. The molecule has 4 fully saturated rings. The summed E-state index contributed by atoms with van der Waals surface area (Å²) in [6.07, 6.45) is 2.39. The molecule has 5 rings (SSSR count). The lowest BCUT2D eigenvalue weighted by Gasteiger charge is -2.36. The fourth-order valence-electron chi connectivity index (χ4n) is 5.37. The zero-order valence-corrected chi connectivity index (χ0v) is 15.9. The molecule has 6 atom stereocenters. The van der Waals surface area contributed by atoms with E-state index in [0.29, 0.717) is 36.7 Å². The molecular formula is C21H22N6O2. The highest BCUT2D eigenvalue weighted by molar-refractivity contribution is 6.02. The monoisotopic (exact) mass is 390 g/mol. The van der Waals surface area contributed by atoms with Crippen molar-refractivity contribution in [3.63, 3.8) is 0 Å². The Balaban J connectivity index is 1.27. The molecule has 3 aliphatic heterocycles. The Morgan fingerprint density at radius 2 is 2.03 bits per heavy atom. The van der Waals surface area contributed by atoms with Crippen LogP contribution in [0.15, 0.2) is 24.3 Å². The molecule has 0 aromatic heterocycles. The number of carbonyl (C=O) groups excluding carboxylic acids is 2. The number of piperazine rings is 1. The molecule has 1 aliphatic carbocycles. The molecule has 0 radical (unpaired) electrons. The number of hydrogen-bond acceptors (Lipinski definition) is 6. The SMILES string of the molecule is N#Cc1ccccc1N1C(=O)[C@@H]2C[C@H]1CN2C[C@H](N)C(=O)N1C2C[C@H]2C[C@H]1C#N. The Hall–Kier alpha value is -2.94. The van der Waals surface area contributed by atoms with E-state index in [4.69, 9.17) is 5.73 Å². The van der Waals surface area contributed by atoms with Crippen LogP contribution in [0.5, 0.6) is 0 Å². The Morgan fingerprint density at radius 3 is 2.76 bits per heavy atom. The number of fused-ring (bicyclic) bond motifs is 3. The molecule has 29 heavy (non-hydrogen) atoms. The molecule has 1 aromatic carbocycles. The number of amides is 2. The number of hydrogen-bond donors (Lipinski definition) is 1. The Labute approximate surface area is 169 Å². The second-order valence-electron chi connectivity index (χ2n) is 8.49. The first-order valence-electron chi connectivity index (χ1n) is 10.1. The molecule has 1 unspecified atom stereocenters. The number of benzene rings is 1. The number of nitriles is 2. The highest BCUT2D eigenvalue weighted by Gasteiger charge is 2.55. The maximum absolute atomic E-state index is 13.0. The number of piperidine rings is 1. The summed E-state index contributed by atoms with van der Waals surface area (Å²) < 4.78 is 0. The molecule has 8 nitrogen and oxygen atoms in total. The first-order chi connectivity index (χ1) is 14.0. The lowest BCUT2D eigenvalue weighted by atomic mass is 10.1. The third-order valence-corrected chi connectivity index (χ3v) is 6.81. The maximum atomic E-state index is 13.0. The van der Waals surface area contributed by atoms with Crippen molar-refractivity contribution < 1.29 is 9.59 Å². The third kappa shape index (κ3) is 2.71. The minimum Gasteiger partial charge on any atom is -0.322 e.